The first kappa shape index (κ1) is 34.4. The maximum Gasteiger partial charge on any atom is 0.475 e. The fourth-order valence-corrected chi connectivity index (χ4v) is 7.29. The van der Waals surface area contributed by atoms with E-state index >= 15 is 8.78 Å². The number of benzene rings is 3. The molecule has 4 aromatic rings. The second-order valence-corrected chi connectivity index (χ2v) is 13.3. The molecule has 12 nitrogen and oxygen atoms in total. The number of fused-ring (bicyclic) bond motifs is 1. The van der Waals surface area contributed by atoms with Crippen molar-refractivity contribution < 1.29 is 46.3 Å². The molecule has 6 rings (SSSR count). The molecule has 1 aromatic heterocycles. The molecule has 0 bridgehead atoms. The third-order valence-electron chi connectivity index (χ3n) is 8.55. The quantitative estimate of drug-likeness (QED) is 0.136. The molecule has 49 heavy (non-hydrogen) atoms. The minimum absolute atomic E-state index is 0.0502. The average molecular weight is 698 g/mol. The Hall–Kier alpha value is -4.46. The Morgan fingerprint density at radius 3 is 2.24 bits per heavy atom. The number of methoxy groups -OCH3 is 1. The van der Waals surface area contributed by atoms with E-state index in [1.165, 1.54) is 13.0 Å². The summed E-state index contributed by atoms with van der Waals surface area (Å²) in [5.41, 5.74) is 0.285. The Morgan fingerprint density at radius 1 is 1.06 bits per heavy atom. The molecule has 3 heterocycles. The number of alkyl halides is 2. The van der Waals surface area contributed by atoms with Crippen molar-refractivity contribution in [2.45, 2.75) is 43.2 Å². The van der Waals surface area contributed by atoms with Gasteiger partial charge in [-0.15, -0.1) is 0 Å². The van der Waals surface area contributed by atoms with E-state index < -0.39 is 61.9 Å². The molecule has 0 aliphatic carbocycles. The zero-order valence-electron chi connectivity index (χ0n) is 26.5. The number of rotatable bonds is 12. The van der Waals surface area contributed by atoms with Gasteiger partial charge in [0.25, 0.3) is 0 Å². The highest BCUT2D eigenvalue weighted by Gasteiger charge is 2.65. The summed E-state index contributed by atoms with van der Waals surface area (Å²) >= 11 is 0. The first-order chi connectivity index (χ1) is 23.5. The number of carbonyl (C=O) groups is 1. The average Bonchev–Trinajstić information content (AvgIpc) is 3.36. The van der Waals surface area contributed by atoms with Crippen LogP contribution < -0.4 is 15.7 Å². The summed E-state index contributed by atoms with van der Waals surface area (Å²) in [6.07, 6.45) is -4.52. The summed E-state index contributed by atoms with van der Waals surface area (Å²) in [6.45, 7) is 0.488. The molecule has 0 saturated carbocycles. The van der Waals surface area contributed by atoms with Crippen molar-refractivity contribution in [2.24, 2.45) is 5.92 Å². The number of ether oxygens (including phenoxy) is 2. The molecule has 258 valence electrons. The highest BCUT2D eigenvalue weighted by molar-refractivity contribution is 7.48. The molecule has 0 spiro atoms. The highest BCUT2D eigenvalue weighted by Crippen LogP contribution is 2.60. The molecular formula is C34H34F2N3O9P. The maximum atomic E-state index is 15.8. The zero-order chi connectivity index (χ0) is 34.8. The molecule has 2 N–H and O–H groups in total. The SMILES string of the molecule is COc1ccc(C(Nc2ccn([C@@H]3O[C@@H]4COP(=O)(OCCC(C)C(=O)O)O[C@H]4C3(F)F)c(=O)n2)(c2ccccc2)c2ccccc2)cc1. The van der Waals surface area contributed by atoms with Crippen molar-refractivity contribution in [3.63, 3.8) is 0 Å². The molecule has 0 amide bonds. The minimum atomic E-state index is -4.48. The molecule has 2 aliphatic heterocycles. The molecule has 2 fully saturated rings. The number of aromatic nitrogens is 2. The molecule has 2 aliphatic rings. The van der Waals surface area contributed by atoms with Gasteiger partial charge in [0.2, 0.25) is 6.23 Å². The Morgan fingerprint density at radius 2 is 1.67 bits per heavy atom. The minimum Gasteiger partial charge on any atom is -0.497 e. The highest BCUT2D eigenvalue weighted by atomic mass is 31.2. The van der Waals surface area contributed by atoms with Gasteiger partial charge < -0.3 is 19.9 Å². The normalized spacial score (nSPS) is 23.7. The predicted octanol–water partition coefficient (Wildman–Crippen LogP) is 5.84. The van der Waals surface area contributed by atoms with Crippen molar-refractivity contribution in [1.82, 2.24) is 9.55 Å². The van der Waals surface area contributed by atoms with Crippen molar-refractivity contribution >= 4 is 19.6 Å². The number of nitrogens with zero attached hydrogens (tertiary/aromatic N) is 2. The van der Waals surface area contributed by atoms with Crippen molar-refractivity contribution in [3.05, 3.63) is 124 Å². The van der Waals surface area contributed by atoms with Gasteiger partial charge in [-0.05, 0) is 41.3 Å². The Bertz CT molecular complexity index is 1840. The topological polar surface area (TPSA) is 147 Å². The summed E-state index contributed by atoms with van der Waals surface area (Å²) in [5.74, 6) is -5.05. The summed E-state index contributed by atoms with van der Waals surface area (Å²) < 4.78 is 71.6. The van der Waals surface area contributed by atoms with E-state index in [0.29, 0.717) is 10.3 Å². The van der Waals surface area contributed by atoms with Crippen LogP contribution in [0.1, 0.15) is 36.3 Å². The van der Waals surface area contributed by atoms with Gasteiger partial charge in [0.1, 0.15) is 23.2 Å². The summed E-state index contributed by atoms with van der Waals surface area (Å²) in [5, 5.41) is 12.5. The first-order valence-corrected chi connectivity index (χ1v) is 16.9. The van der Waals surface area contributed by atoms with Crippen LogP contribution in [0.25, 0.3) is 0 Å². The van der Waals surface area contributed by atoms with Gasteiger partial charge >= 0.3 is 25.4 Å². The van der Waals surface area contributed by atoms with Crippen LogP contribution in [0, 0.1) is 5.92 Å². The number of nitrogens with one attached hydrogen (secondary N) is 1. The number of carboxylic acid groups (broad SMARTS) is 1. The van der Waals surface area contributed by atoms with Gasteiger partial charge in [-0.3, -0.25) is 22.9 Å². The third kappa shape index (κ3) is 6.75. The number of halogens is 2. The molecule has 15 heteroatoms. The van der Waals surface area contributed by atoms with Gasteiger partial charge in [0.15, 0.2) is 6.10 Å². The van der Waals surface area contributed by atoms with E-state index in [-0.39, 0.29) is 18.8 Å². The van der Waals surface area contributed by atoms with Crippen molar-refractivity contribution in [1.29, 1.82) is 0 Å². The van der Waals surface area contributed by atoms with E-state index in [1.807, 2.05) is 84.9 Å². The number of carboxylic acids is 1. The molecule has 5 atom stereocenters. The number of anilines is 1. The van der Waals surface area contributed by atoms with E-state index in [1.54, 1.807) is 7.11 Å². The van der Waals surface area contributed by atoms with Crippen LogP contribution in [0.4, 0.5) is 14.6 Å². The lowest BCUT2D eigenvalue weighted by Gasteiger charge is -2.37. The van der Waals surface area contributed by atoms with Gasteiger partial charge in [-0.2, -0.15) is 13.8 Å². The second-order valence-electron chi connectivity index (χ2n) is 11.7. The predicted molar refractivity (Wildman–Crippen MR) is 173 cm³/mol. The monoisotopic (exact) mass is 697 g/mol. The summed E-state index contributed by atoms with van der Waals surface area (Å²) in [4.78, 5) is 28.7. The number of phosphoric ester groups is 1. The van der Waals surface area contributed by atoms with E-state index in [2.05, 4.69) is 10.3 Å². The maximum absolute atomic E-state index is 15.8. The van der Waals surface area contributed by atoms with Gasteiger partial charge in [-0.25, -0.2) is 9.36 Å². The summed E-state index contributed by atoms with van der Waals surface area (Å²) in [7, 11) is -2.91. The van der Waals surface area contributed by atoms with Crippen LogP contribution in [-0.2, 0) is 33.2 Å². The molecule has 2 unspecified atom stereocenters. The zero-order valence-corrected chi connectivity index (χ0v) is 27.4. The van der Waals surface area contributed by atoms with Crippen LogP contribution in [0.2, 0.25) is 0 Å². The van der Waals surface area contributed by atoms with Crippen molar-refractivity contribution in [2.75, 3.05) is 25.6 Å². The lowest BCUT2D eigenvalue weighted by atomic mass is 9.77. The lowest BCUT2D eigenvalue weighted by molar-refractivity contribution is -0.142. The third-order valence-corrected chi connectivity index (χ3v) is 10.00. The number of phosphoric acid groups is 1. The number of hydrogen-bond donors (Lipinski definition) is 2. The smallest absolute Gasteiger partial charge is 0.475 e. The Kier molecular flexibility index (Phi) is 9.70. The fourth-order valence-electron chi connectivity index (χ4n) is 5.89. The van der Waals surface area contributed by atoms with Crippen LogP contribution in [-0.4, -0.2) is 59.1 Å². The fraction of sp³-hybridized carbons (Fsp3) is 0.324. The van der Waals surface area contributed by atoms with Gasteiger partial charge in [0, 0.05) is 6.20 Å². The van der Waals surface area contributed by atoms with Crippen LogP contribution in [0.5, 0.6) is 5.75 Å². The van der Waals surface area contributed by atoms with Crippen LogP contribution in [0.15, 0.2) is 102 Å². The number of hydrogen-bond acceptors (Lipinski definition) is 10. The Balaban J connectivity index is 1.30. The van der Waals surface area contributed by atoms with E-state index in [0.717, 1.165) is 22.9 Å². The largest absolute Gasteiger partial charge is 0.497 e. The lowest BCUT2D eigenvalue weighted by Crippen LogP contribution is -2.45. The van der Waals surface area contributed by atoms with E-state index in [4.69, 9.17) is 28.2 Å². The second kappa shape index (κ2) is 13.8. The standard InChI is InChI=1S/C34H34F2N3O9P/c1-22(30(40)41)18-20-45-49(43)46-21-27-29(48-49)34(35,36)31(47-27)39-19-17-28(37-32(39)42)38-33(23-9-5-3-6-10-23,24-11-7-4-8-12-24)25-13-15-26(44-2)16-14-25/h3-17,19,22,27,29,31H,18,20-21H2,1-2H3,(H,40,41)(H,37,38,42)/t22?,27-,29-,31-,49?/m1/s1. The van der Waals surface area contributed by atoms with Crippen LogP contribution in [0.3, 0.4) is 0 Å². The van der Waals surface area contributed by atoms with Crippen molar-refractivity contribution in [3.8, 4) is 5.75 Å². The van der Waals surface area contributed by atoms with E-state index in [9.17, 15) is 14.2 Å². The van der Waals surface area contributed by atoms with Gasteiger partial charge in [-0.1, -0.05) is 79.7 Å². The Labute approximate surface area is 280 Å². The molecule has 0 radical (unpaired) electrons. The first-order valence-electron chi connectivity index (χ1n) is 15.4. The molecular weight excluding hydrogens is 663 g/mol. The molecule has 3 aromatic carbocycles. The molecule has 2 saturated heterocycles. The van der Waals surface area contributed by atoms with Gasteiger partial charge in [0.05, 0.1) is 26.2 Å². The number of aliphatic carboxylic acids is 1. The van der Waals surface area contributed by atoms with Crippen LogP contribution >= 0.6 is 7.82 Å². The summed E-state index contributed by atoms with van der Waals surface area (Å²) in [6, 6.07) is 27.8.